The van der Waals surface area contributed by atoms with E-state index in [-0.39, 0.29) is 16.6 Å². The van der Waals surface area contributed by atoms with Gasteiger partial charge in [-0.25, -0.2) is 27.4 Å². The standard InChI is InChI=1S/C45H81N12/c1-40(2,46)23-16-18-26-53-33-36(39-52(27-20-25-42(5,6)48)29-30-55(39)43(7,8)49)57(45(11,12)51)37(53)31-35-32-56(44(9,10)50)38(34-21-14-13-15-22-34)54(35)28-19-17-24-41(3,4)47/h13-15,21-22,29-30,32-33H,16-20,23-28,31,46-51H2,1-12H3/q+3. The van der Waals surface area contributed by atoms with Crippen molar-refractivity contribution in [1.29, 1.82) is 0 Å². The van der Waals surface area contributed by atoms with E-state index in [2.05, 4.69) is 152 Å². The summed E-state index contributed by atoms with van der Waals surface area (Å²) in [6, 6.07) is 10.6. The minimum Gasteiger partial charge on any atom is -0.326 e. The van der Waals surface area contributed by atoms with Crippen molar-refractivity contribution < 1.29 is 13.7 Å². The molecule has 3 aromatic heterocycles. The maximum Gasteiger partial charge on any atom is 0.334 e. The van der Waals surface area contributed by atoms with E-state index < -0.39 is 17.0 Å². The number of aryl methyl sites for hydroxylation is 2. The van der Waals surface area contributed by atoms with E-state index in [9.17, 15) is 0 Å². The van der Waals surface area contributed by atoms with E-state index in [4.69, 9.17) is 34.4 Å². The number of benzene rings is 1. The van der Waals surface area contributed by atoms with Gasteiger partial charge in [0.25, 0.3) is 17.3 Å². The molecule has 0 fully saturated rings. The maximum atomic E-state index is 7.31. The Bertz CT molecular complexity index is 1890. The van der Waals surface area contributed by atoms with E-state index in [1.807, 2.05) is 13.8 Å². The first-order valence-electron chi connectivity index (χ1n) is 21.3. The van der Waals surface area contributed by atoms with Gasteiger partial charge in [-0.05, 0) is 147 Å². The number of nitrogens with two attached hydrogens (primary N) is 6. The van der Waals surface area contributed by atoms with E-state index in [0.29, 0.717) is 6.42 Å². The molecule has 12 nitrogen and oxygen atoms in total. The molecule has 0 spiro atoms. The molecular formula is C45H81N12+3. The lowest BCUT2D eigenvalue weighted by molar-refractivity contribution is -0.747. The molecule has 0 aliphatic carbocycles. The number of aromatic nitrogens is 6. The van der Waals surface area contributed by atoms with Crippen LogP contribution in [0.25, 0.3) is 22.9 Å². The molecule has 0 bridgehead atoms. The van der Waals surface area contributed by atoms with E-state index in [1.54, 1.807) is 0 Å². The van der Waals surface area contributed by atoms with Crippen molar-refractivity contribution in [3.63, 3.8) is 0 Å². The van der Waals surface area contributed by atoms with Crippen LogP contribution in [-0.2, 0) is 43.0 Å². The van der Waals surface area contributed by atoms with Crippen LogP contribution in [0.4, 0.5) is 0 Å². The summed E-state index contributed by atoms with van der Waals surface area (Å²) in [6.45, 7) is 27.4. The van der Waals surface area contributed by atoms with Crippen LogP contribution in [-0.4, -0.2) is 30.3 Å². The molecule has 4 aromatic rings. The fourth-order valence-corrected chi connectivity index (χ4v) is 7.90. The molecule has 57 heavy (non-hydrogen) atoms. The third-order valence-electron chi connectivity index (χ3n) is 10.7. The third-order valence-corrected chi connectivity index (χ3v) is 10.7. The maximum absolute atomic E-state index is 7.31. The molecule has 0 aliphatic heterocycles. The van der Waals surface area contributed by atoms with Gasteiger partial charge in [0.1, 0.15) is 31.2 Å². The van der Waals surface area contributed by atoms with Gasteiger partial charge in [0, 0.05) is 16.6 Å². The highest BCUT2D eigenvalue weighted by atomic mass is 15.3. The van der Waals surface area contributed by atoms with Gasteiger partial charge in [-0.3, -0.25) is 17.2 Å². The first kappa shape index (κ1) is 46.3. The smallest absolute Gasteiger partial charge is 0.326 e. The minimum absolute atomic E-state index is 0.220. The SMILES string of the molecule is CC(C)(N)CCCCn1c(Cc2n(C(C)(C)N)c(-c3n(C(C)(C)N)cc[n+]3CCCC(C)(C)N)c[n+]2CCCCC(C)(C)N)c[n+](C(C)(C)N)c1-c1ccccc1. The van der Waals surface area contributed by atoms with Gasteiger partial charge in [0.15, 0.2) is 22.7 Å². The Morgan fingerprint density at radius 1 is 0.579 bits per heavy atom. The Balaban J connectivity index is 2.00. The van der Waals surface area contributed by atoms with Crippen LogP contribution in [0.5, 0.6) is 0 Å². The molecule has 12 N–H and O–H groups in total. The monoisotopic (exact) mass is 790 g/mol. The average molecular weight is 790 g/mol. The van der Waals surface area contributed by atoms with Gasteiger partial charge < -0.3 is 17.2 Å². The first-order chi connectivity index (χ1) is 26.1. The molecule has 4 rings (SSSR count). The van der Waals surface area contributed by atoms with Gasteiger partial charge in [0.2, 0.25) is 0 Å². The van der Waals surface area contributed by atoms with Crippen LogP contribution in [0.3, 0.4) is 0 Å². The molecule has 0 saturated carbocycles. The second-order valence-electron chi connectivity index (χ2n) is 20.6. The Labute approximate surface area is 344 Å². The highest BCUT2D eigenvalue weighted by Crippen LogP contribution is 2.30. The van der Waals surface area contributed by atoms with Crippen molar-refractivity contribution in [1.82, 2.24) is 13.7 Å². The van der Waals surface area contributed by atoms with Crippen LogP contribution >= 0.6 is 0 Å². The molecule has 12 heteroatoms. The molecule has 0 aliphatic rings. The highest BCUT2D eigenvalue weighted by molar-refractivity contribution is 5.53. The van der Waals surface area contributed by atoms with Gasteiger partial charge >= 0.3 is 5.82 Å². The first-order valence-corrected chi connectivity index (χ1v) is 21.3. The van der Waals surface area contributed by atoms with Crippen molar-refractivity contribution >= 4 is 0 Å². The Kier molecular flexibility index (Phi) is 14.2. The fourth-order valence-electron chi connectivity index (χ4n) is 7.90. The van der Waals surface area contributed by atoms with Crippen LogP contribution in [0.2, 0.25) is 0 Å². The molecule has 1 aromatic carbocycles. The molecular weight excluding hydrogens is 709 g/mol. The molecule has 318 valence electrons. The van der Waals surface area contributed by atoms with E-state index in [0.717, 1.165) is 99.7 Å². The van der Waals surface area contributed by atoms with Gasteiger partial charge in [-0.15, -0.1) is 0 Å². The number of rotatable bonds is 21. The zero-order chi connectivity index (χ0) is 42.8. The number of hydrogen-bond acceptors (Lipinski definition) is 6. The largest absolute Gasteiger partial charge is 0.334 e. The van der Waals surface area contributed by atoms with Crippen LogP contribution in [0, 0.1) is 0 Å². The summed E-state index contributed by atoms with van der Waals surface area (Å²) in [5, 5.41) is 0. The number of hydrogen-bond donors (Lipinski definition) is 6. The fraction of sp³-hybridized carbons (Fsp3) is 0.667. The molecule has 3 heterocycles. The Morgan fingerprint density at radius 3 is 1.65 bits per heavy atom. The summed E-state index contributed by atoms with van der Waals surface area (Å²) in [5.74, 6) is 3.22. The van der Waals surface area contributed by atoms with Crippen LogP contribution < -0.4 is 48.1 Å². The lowest BCUT2D eigenvalue weighted by atomic mass is 9.99. The van der Waals surface area contributed by atoms with Gasteiger partial charge in [-0.2, -0.15) is 0 Å². The van der Waals surface area contributed by atoms with Crippen molar-refractivity contribution in [3.05, 3.63) is 66.6 Å². The second-order valence-corrected chi connectivity index (χ2v) is 20.6. The summed E-state index contributed by atoms with van der Waals surface area (Å²) >= 11 is 0. The normalized spacial score (nSPS) is 13.6. The predicted octanol–water partition coefficient (Wildman–Crippen LogP) is 5.17. The number of imidazole rings is 3. The van der Waals surface area contributed by atoms with Crippen LogP contribution in [0.1, 0.15) is 146 Å². The summed E-state index contributed by atoms with van der Waals surface area (Å²) in [4.78, 5) is 0. The van der Waals surface area contributed by atoms with Gasteiger partial charge in [0.05, 0.1) is 25.2 Å². The lowest BCUT2D eigenvalue weighted by Crippen LogP contribution is -2.58. The van der Waals surface area contributed by atoms with Crippen molar-refractivity contribution in [2.45, 2.75) is 194 Å². The predicted molar refractivity (Wildman–Crippen MR) is 233 cm³/mol. The molecule has 0 atom stereocenters. The molecule has 0 amide bonds. The summed E-state index contributed by atoms with van der Waals surface area (Å²) in [7, 11) is 0. The molecule has 0 unspecified atom stereocenters. The van der Waals surface area contributed by atoms with E-state index in [1.165, 1.54) is 5.69 Å². The third kappa shape index (κ3) is 12.8. The molecule has 0 radical (unpaired) electrons. The minimum atomic E-state index is -0.768. The molecule has 0 saturated heterocycles. The van der Waals surface area contributed by atoms with Crippen molar-refractivity contribution in [2.24, 2.45) is 34.4 Å². The van der Waals surface area contributed by atoms with Crippen LogP contribution in [0.15, 0.2) is 55.1 Å². The average Bonchev–Trinajstić information content (AvgIpc) is 3.74. The summed E-state index contributed by atoms with van der Waals surface area (Å²) < 4.78 is 14.0. The summed E-state index contributed by atoms with van der Waals surface area (Å²) in [5.41, 5.74) is 41.1. The van der Waals surface area contributed by atoms with Crippen molar-refractivity contribution in [2.75, 3.05) is 0 Å². The zero-order valence-corrected chi connectivity index (χ0v) is 37.8. The highest BCUT2D eigenvalue weighted by Gasteiger charge is 2.42. The number of unbranched alkanes of at least 4 members (excludes halogenated alkanes) is 2. The quantitative estimate of drug-likeness (QED) is 0.0501. The summed E-state index contributed by atoms with van der Waals surface area (Å²) in [6.07, 6.45) is 17.1. The van der Waals surface area contributed by atoms with Gasteiger partial charge in [-0.1, -0.05) is 18.2 Å². The van der Waals surface area contributed by atoms with E-state index >= 15 is 0 Å². The Morgan fingerprint density at radius 2 is 1.12 bits per heavy atom. The Hall–Kier alpha value is -3.39. The lowest BCUT2D eigenvalue weighted by Gasteiger charge is -2.21. The van der Waals surface area contributed by atoms with Crippen molar-refractivity contribution in [3.8, 4) is 22.9 Å². The topological polar surface area (TPSA) is 183 Å². The second kappa shape index (κ2) is 17.5. The number of nitrogens with zero attached hydrogens (tertiary/aromatic N) is 6. The zero-order valence-electron chi connectivity index (χ0n) is 37.8.